The molecule has 0 fully saturated rings. The number of hydrogen-bond acceptors (Lipinski definition) is 3. The average molecular weight is 230 g/mol. The van der Waals surface area contributed by atoms with Crippen molar-refractivity contribution in [3.8, 4) is 0 Å². The van der Waals surface area contributed by atoms with Crippen molar-refractivity contribution in [3.05, 3.63) is 0 Å². The second-order valence-electron chi connectivity index (χ2n) is 4.52. The van der Waals surface area contributed by atoms with Crippen LogP contribution in [-0.4, -0.2) is 17.1 Å². The van der Waals surface area contributed by atoms with Gasteiger partial charge in [-0.05, 0) is 24.7 Å². The Labute approximate surface area is 98.5 Å². The van der Waals surface area contributed by atoms with E-state index in [1.54, 1.807) is 0 Å². The minimum atomic E-state index is -0.428. The van der Waals surface area contributed by atoms with Crippen LogP contribution in [0.3, 0.4) is 0 Å². The van der Waals surface area contributed by atoms with Crippen molar-refractivity contribution in [1.82, 2.24) is 10.4 Å². The molecule has 0 bridgehead atoms. The number of amides is 2. The molecule has 0 spiro atoms. The lowest BCUT2D eigenvalue weighted by molar-refractivity contribution is 0.154. The molecule has 96 valence electrons. The molecule has 0 saturated heterocycles. The summed E-state index contributed by atoms with van der Waals surface area (Å²) in [5.41, 5.74) is 2.06. The summed E-state index contributed by atoms with van der Waals surface area (Å²) in [6.07, 6.45) is 2.89. The first-order chi connectivity index (χ1) is 7.47. The minimum Gasteiger partial charge on any atom is -0.275 e. The fourth-order valence-electron chi connectivity index (χ4n) is 1.78. The molecule has 2 amide bonds. The molecule has 3 unspecified atom stereocenters. The normalized spacial score (nSPS) is 16.4. The Morgan fingerprint density at radius 2 is 1.81 bits per heavy atom. The summed E-state index contributed by atoms with van der Waals surface area (Å²) in [4.78, 5) is 11.3. The molecule has 16 heavy (non-hydrogen) atoms. The van der Waals surface area contributed by atoms with Gasteiger partial charge >= 0.3 is 6.03 Å². The van der Waals surface area contributed by atoms with Crippen molar-refractivity contribution in [2.45, 2.75) is 53.0 Å². The summed E-state index contributed by atoms with van der Waals surface area (Å²) < 4.78 is 0. The van der Waals surface area contributed by atoms with Crippen molar-refractivity contribution < 1.29 is 4.79 Å². The summed E-state index contributed by atoms with van der Waals surface area (Å²) in [6, 6.07) is -0.379. The first-order valence-electron chi connectivity index (χ1n) is 6.02. The molecule has 0 aromatic carbocycles. The van der Waals surface area contributed by atoms with Crippen LogP contribution in [0.25, 0.3) is 0 Å². The number of hydrogen-bond donors (Lipinski definition) is 3. The van der Waals surface area contributed by atoms with Crippen molar-refractivity contribution >= 4 is 6.03 Å². The van der Waals surface area contributed by atoms with E-state index in [1.807, 2.05) is 6.92 Å². The van der Waals surface area contributed by atoms with Crippen molar-refractivity contribution in [1.29, 1.82) is 0 Å². The number of urea groups is 1. The Morgan fingerprint density at radius 3 is 2.19 bits per heavy atom. The molecule has 0 aliphatic heterocycles. The van der Waals surface area contributed by atoms with Crippen LogP contribution in [0.15, 0.2) is 0 Å². The first-order valence-corrected chi connectivity index (χ1v) is 6.02. The molecule has 0 aliphatic rings. The molecule has 0 heterocycles. The van der Waals surface area contributed by atoms with E-state index in [-0.39, 0.29) is 6.04 Å². The lowest BCUT2D eigenvalue weighted by Gasteiger charge is -2.30. The van der Waals surface area contributed by atoms with Gasteiger partial charge in [0, 0.05) is 6.04 Å². The Balaban J connectivity index is 4.34. The van der Waals surface area contributed by atoms with Crippen LogP contribution in [0, 0.1) is 11.8 Å². The third-order valence-corrected chi connectivity index (χ3v) is 3.48. The standard InChI is InChI=1S/C11H26N4O/c1-5-8(3)9(4)7-10(6-2)15(13)11(16)14-12/h8-10H,5-7,12-13H2,1-4H3,(H,14,16). The SMILES string of the molecule is CCC(C)C(C)CC(CC)N(N)C(=O)NN. The van der Waals surface area contributed by atoms with Gasteiger partial charge in [0.15, 0.2) is 0 Å². The van der Waals surface area contributed by atoms with Crippen LogP contribution in [0.4, 0.5) is 4.79 Å². The van der Waals surface area contributed by atoms with E-state index in [9.17, 15) is 4.79 Å². The number of nitrogens with two attached hydrogens (primary N) is 2. The van der Waals surface area contributed by atoms with Gasteiger partial charge in [0.2, 0.25) is 0 Å². The predicted molar refractivity (Wildman–Crippen MR) is 66.1 cm³/mol. The molecule has 5 nitrogen and oxygen atoms in total. The van der Waals surface area contributed by atoms with Crippen LogP contribution in [0.2, 0.25) is 0 Å². The number of carbonyl (C=O) groups excluding carboxylic acids is 1. The third-order valence-electron chi connectivity index (χ3n) is 3.48. The average Bonchev–Trinajstić information content (AvgIpc) is 2.32. The second kappa shape index (κ2) is 7.46. The van der Waals surface area contributed by atoms with E-state index in [0.717, 1.165) is 19.3 Å². The lowest BCUT2D eigenvalue weighted by Crippen LogP contribution is -2.52. The van der Waals surface area contributed by atoms with Crippen molar-refractivity contribution in [3.63, 3.8) is 0 Å². The molecule has 5 N–H and O–H groups in total. The van der Waals surface area contributed by atoms with Crippen LogP contribution in [0.5, 0.6) is 0 Å². The maximum absolute atomic E-state index is 11.3. The summed E-state index contributed by atoms with van der Waals surface area (Å²) in [5, 5.41) is 1.21. The molecule has 0 saturated carbocycles. The fourth-order valence-corrected chi connectivity index (χ4v) is 1.78. The third kappa shape index (κ3) is 4.37. The zero-order chi connectivity index (χ0) is 12.7. The molecule has 0 aromatic rings. The highest BCUT2D eigenvalue weighted by Crippen LogP contribution is 2.22. The quantitative estimate of drug-likeness (QED) is 0.368. The van der Waals surface area contributed by atoms with Gasteiger partial charge in [-0.3, -0.25) is 10.4 Å². The number of nitrogens with zero attached hydrogens (tertiary/aromatic N) is 1. The molecule has 0 aliphatic carbocycles. The van der Waals surface area contributed by atoms with Gasteiger partial charge < -0.3 is 0 Å². The number of hydrazine groups is 2. The predicted octanol–water partition coefficient (Wildman–Crippen LogP) is 1.60. The maximum Gasteiger partial charge on any atom is 0.345 e. The van der Waals surface area contributed by atoms with Crippen molar-refractivity contribution in [2.75, 3.05) is 0 Å². The zero-order valence-corrected chi connectivity index (χ0v) is 10.9. The van der Waals surface area contributed by atoms with Crippen LogP contribution in [-0.2, 0) is 0 Å². The molecule has 0 rings (SSSR count). The van der Waals surface area contributed by atoms with Gasteiger partial charge in [-0.1, -0.05) is 34.1 Å². The summed E-state index contributed by atoms with van der Waals surface area (Å²) in [6.45, 7) is 8.62. The Bertz CT molecular complexity index is 210. The van der Waals surface area contributed by atoms with Gasteiger partial charge in [0.1, 0.15) is 0 Å². The van der Waals surface area contributed by atoms with E-state index in [4.69, 9.17) is 11.7 Å². The Hall–Kier alpha value is -0.810. The zero-order valence-electron chi connectivity index (χ0n) is 10.9. The van der Waals surface area contributed by atoms with Crippen molar-refractivity contribution in [2.24, 2.45) is 23.5 Å². The monoisotopic (exact) mass is 230 g/mol. The minimum absolute atomic E-state index is 0.0487. The van der Waals surface area contributed by atoms with Crippen LogP contribution < -0.4 is 17.1 Å². The van der Waals surface area contributed by atoms with Gasteiger partial charge in [0.25, 0.3) is 0 Å². The van der Waals surface area contributed by atoms with E-state index in [1.165, 1.54) is 5.01 Å². The second-order valence-corrected chi connectivity index (χ2v) is 4.52. The van der Waals surface area contributed by atoms with Gasteiger partial charge in [-0.25, -0.2) is 16.5 Å². The van der Waals surface area contributed by atoms with Gasteiger partial charge in [-0.15, -0.1) is 0 Å². The Morgan fingerprint density at radius 1 is 1.25 bits per heavy atom. The maximum atomic E-state index is 11.3. The van der Waals surface area contributed by atoms with E-state index < -0.39 is 6.03 Å². The van der Waals surface area contributed by atoms with E-state index >= 15 is 0 Å². The lowest BCUT2D eigenvalue weighted by atomic mass is 9.87. The van der Waals surface area contributed by atoms with Gasteiger partial charge in [-0.2, -0.15) is 0 Å². The molecule has 5 heteroatoms. The number of nitrogens with one attached hydrogen (secondary N) is 1. The summed E-state index contributed by atoms with van der Waals surface area (Å²) in [7, 11) is 0. The van der Waals surface area contributed by atoms with Crippen LogP contribution in [0.1, 0.15) is 47.0 Å². The summed E-state index contributed by atoms with van der Waals surface area (Å²) in [5.74, 6) is 12.0. The first kappa shape index (κ1) is 15.2. The number of rotatable bonds is 6. The highest BCUT2D eigenvalue weighted by atomic mass is 16.2. The number of carbonyl (C=O) groups is 1. The topological polar surface area (TPSA) is 84.4 Å². The smallest absolute Gasteiger partial charge is 0.275 e. The Kier molecular flexibility index (Phi) is 7.08. The highest BCUT2D eigenvalue weighted by molar-refractivity contribution is 5.73. The molecule has 0 aromatic heterocycles. The largest absolute Gasteiger partial charge is 0.345 e. The molecule has 0 radical (unpaired) electrons. The molecular weight excluding hydrogens is 204 g/mol. The highest BCUT2D eigenvalue weighted by Gasteiger charge is 2.22. The van der Waals surface area contributed by atoms with E-state index in [0.29, 0.717) is 11.8 Å². The van der Waals surface area contributed by atoms with E-state index in [2.05, 4.69) is 26.2 Å². The molecular formula is C11H26N4O. The van der Waals surface area contributed by atoms with Crippen LogP contribution >= 0.6 is 0 Å². The molecule has 3 atom stereocenters. The van der Waals surface area contributed by atoms with Gasteiger partial charge in [0.05, 0.1) is 0 Å². The summed E-state index contributed by atoms with van der Waals surface area (Å²) >= 11 is 0. The fraction of sp³-hybridized carbons (Fsp3) is 0.909.